The summed E-state index contributed by atoms with van der Waals surface area (Å²) in [5.41, 5.74) is 1.42. The summed E-state index contributed by atoms with van der Waals surface area (Å²) < 4.78 is 5.92. The minimum Gasteiger partial charge on any atom is -0.493 e. The molecule has 34 heavy (non-hydrogen) atoms. The van der Waals surface area contributed by atoms with E-state index < -0.39 is 29.1 Å². The lowest BCUT2D eigenvalue weighted by molar-refractivity contribution is -0.142. The number of fused-ring (bicyclic) bond motifs is 1. The first-order chi connectivity index (χ1) is 16.3. The average Bonchev–Trinajstić information content (AvgIpc) is 3.22. The Morgan fingerprint density at radius 3 is 2.56 bits per heavy atom. The summed E-state index contributed by atoms with van der Waals surface area (Å²) in [6.45, 7) is 3.39. The highest BCUT2D eigenvalue weighted by Crippen LogP contribution is 2.22. The van der Waals surface area contributed by atoms with Crippen molar-refractivity contribution in [1.29, 1.82) is 0 Å². The zero-order chi connectivity index (χ0) is 24.4. The highest BCUT2D eigenvalue weighted by molar-refractivity contribution is 6.01. The molecule has 0 saturated carbocycles. The number of ether oxygens (including phenoxy) is 1. The van der Waals surface area contributed by atoms with Crippen LogP contribution < -0.4 is 11.2 Å². The number of nitrogens with one attached hydrogen (secondary N) is 2. The molecule has 9 heteroatoms. The molecule has 2 aromatic heterocycles. The number of hydrogen-bond donors (Lipinski definition) is 3. The van der Waals surface area contributed by atoms with Crippen molar-refractivity contribution in [3.8, 4) is 11.6 Å². The minimum absolute atomic E-state index is 0.0925. The van der Waals surface area contributed by atoms with Crippen molar-refractivity contribution in [2.45, 2.75) is 26.3 Å². The van der Waals surface area contributed by atoms with Crippen molar-refractivity contribution >= 4 is 22.6 Å². The molecule has 0 spiro atoms. The third-order valence-corrected chi connectivity index (χ3v) is 5.65. The quantitative estimate of drug-likeness (QED) is 0.301. The van der Waals surface area contributed by atoms with Gasteiger partial charge in [-0.25, -0.2) is 14.2 Å². The number of methoxy groups -OCH3 is 1. The van der Waals surface area contributed by atoms with Gasteiger partial charge in [0.1, 0.15) is 5.56 Å². The Balaban J connectivity index is 1.78. The van der Waals surface area contributed by atoms with Crippen LogP contribution >= 0.6 is 0 Å². The van der Waals surface area contributed by atoms with Crippen molar-refractivity contribution in [3.05, 3.63) is 92.3 Å². The van der Waals surface area contributed by atoms with Crippen LogP contribution in [0.2, 0.25) is 0 Å². The maximum Gasteiger partial charge on any atom is 0.335 e. The van der Waals surface area contributed by atoms with Gasteiger partial charge in [-0.05, 0) is 37.6 Å². The highest BCUT2D eigenvalue weighted by Gasteiger charge is 2.24. The molecule has 4 rings (SSSR count). The predicted octanol–water partition coefficient (Wildman–Crippen LogP) is 2.61. The molecule has 0 amide bonds. The largest absolute Gasteiger partial charge is 0.493 e. The molecule has 0 aliphatic carbocycles. The summed E-state index contributed by atoms with van der Waals surface area (Å²) >= 11 is 0. The number of esters is 1. The molecule has 4 aromatic rings. The lowest BCUT2D eigenvalue weighted by atomic mass is 10.0. The van der Waals surface area contributed by atoms with E-state index in [9.17, 15) is 19.5 Å². The van der Waals surface area contributed by atoms with E-state index in [2.05, 4.69) is 15.0 Å². The molecule has 0 unspecified atom stereocenters. The first-order valence-electron chi connectivity index (χ1n) is 10.6. The molecule has 0 fully saturated rings. The van der Waals surface area contributed by atoms with Crippen LogP contribution in [0.25, 0.3) is 16.6 Å². The van der Waals surface area contributed by atoms with Gasteiger partial charge in [-0.15, -0.1) is 0 Å². The van der Waals surface area contributed by atoms with Gasteiger partial charge in [0.15, 0.2) is 6.04 Å². The Morgan fingerprint density at radius 2 is 1.85 bits per heavy atom. The van der Waals surface area contributed by atoms with Crippen LogP contribution in [0, 0.1) is 6.92 Å². The zero-order valence-corrected chi connectivity index (χ0v) is 19.0. The number of aryl methyl sites for hydroxylation is 1. The fourth-order valence-corrected chi connectivity index (χ4v) is 3.91. The monoisotopic (exact) mass is 460 g/mol. The number of aromatic nitrogens is 3. The second-order valence-electron chi connectivity index (χ2n) is 7.95. The van der Waals surface area contributed by atoms with Crippen LogP contribution in [0.5, 0.6) is 5.88 Å². The Kier molecular flexibility index (Phi) is 6.18. The number of H-pyrrole nitrogens is 2. The van der Waals surface area contributed by atoms with E-state index in [1.807, 2.05) is 31.2 Å². The van der Waals surface area contributed by atoms with Gasteiger partial charge in [-0.3, -0.25) is 14.8 Å². The number of nitrogens with zero attached hydrogens (tertiary/aromatic N) is 2. The number of para-hydroxylation sites is 1. The summed E-state index contributed by atoms with van der Waals surface area (Å²) in [6.07, 6.45) is 2.01. The first-order valence-corrected chi connectivity index (χ1v) is 10.6. The number of aromatic amines is 2. The second-order valence-corrected chi connectivity index (χ2v) is 7.95. The predicted molar refractivity (Wildman–Crippen MR) is 129 cm³/mol. The molecule has 0 saturated heterocycles. The Hall–Kier alpha value is -4.40. The van der Waals surface area contributed by atoms with E-state index in [1.54, 1.807) is 30.5 Å². The number of aromatic hydroxyl groups is 1. The average molecular weight is 460 g/mol. The number of carbonyl (C=O) groups excluding carboxylic acids is 1. The third kappa shape index (κ3) is 4.27. The van der Waals surface area contributed by atoms with Gasteiger partial charge in [0.2, 0.25) is 5.88 Å². The fraction of sp³-hybridized carbons (Fsp3) is 0.200. The molecule has 0 radical (unpaired) electrons. The van der Waals surface area contributed by atoms with Crippen molar-refractivity contribution < 1.29 is 14.6 Å². The molecule has 0 aliphatic rings. The standard InChI is InChI=1S/C25H24N4O5/c1-14-8-10-17(11-9-14)29-23(31)21(22(30)28-25(29)33)15(2)27-20(24(32)34-3)12-16-13-26-19-7-5-4-6-18(16)19/h4-11,13,20,26,31H,12H2,1-3H3,(H,28,30,33)/t20-/m1/s1. The summed E-state index contributed by atoms with van der Waals surface area (Å²) in [7, 11) is 1.26. The van der Waals surface area contributed by atoms with Gasteiger partial charge in [0.05, 0.1) is 18.5 Å². The molecule has 174 valence electrons. The summed E-state index contributed by atoms with van der Waals surface area (Å²) in [5.74, 6) is -1.15. The molecular weight excluding hydrogens is 436 g/mol. The van der Waals surface area contributed by atoms with Crippen LogP contribution in [-0.4, -0.2) is 44.5 Å². The number of aliphatic imine (C=N–C) groups is 1. The van der Waals surface area contributed by atoms with Crippen molar-refractivity contribution in [2.75, 3.05) is 7.11 Å². The van der Waals surface area contributed by atoms with Gasteiger partial charge < -0.3 is 14.8 Å². The molecule has 9 nitrogen and oxygen atoms in total. The van der Waals surface area contributed by atoms with Crippen LogP contribution in [-0.2, 0) is 16.0 Å². The van der Waals surface area contributed by atoms with E-state index >= 15 is 0 Å². The third-order valence-electron chi connectivity index (χ3n) is 5.65. The molecule has 2 aromatic carbocycles. The van der Waals surface area contributed by atoms with Crippen LogP contribution in [0.3, 0.4) is 0 Å². The fourth-order valence-electron chi connectivity index (χ4n) is 3.91. The number of carbonyl (C=O) groups is 1. The van der Waals surface area contributed by atoms with E-state index in [0.717, 1.165) is 26.6 Å². The number of benzene rings is 2. The second kappa shape index (κ2) is 9.22. The Bertz CT molecular complexity index is 1510. The summed E-state index contributed by atoms with van der Waals surface area (Å²) in [4.78, 5) is 47.4. The number of rotatable bonds is 6. The summed E-state index contributed by atoms with van der Waals surface area (Å²) in [5, 5.41) is 11.8. The van der Waals surface area contributed by atoms with E-state index in [-0.39, 0.29) is 17.7 Å². The van der Waals surface area contributed by atoms with Gasteiger partial charge in [-0.1, -0.05) is 35.9 Å². The smallest absolute Gasteiger partial charge is 0.335 e. The number of hydrogen-bond acceptors (Lipinski definition) is 6. The van der Waals surface area contributed by atoms with Crippen molar-refractivity contribution in [2.24, 2.45) is 4.99 Å². The Labute approximate surface area is 194 Å². The SMILES string of the molecule is COC(=O)[C@@H](Cc1c[nH]c2ccccc12)N=C(C)c1c(O)n(-c2ccc(C)cc2)c(=O)[nH]c1=O. The van der Waals surface area contributed by atoms with Crippen molar-refractivity contribution in [1.82, 2.24) is 14.5 Å². The highest BCUT2D eigenvalue weighted by atomic mass is 16.5. The van der Waals surface area contributed by atoms with E-state index in [1.165, 1.54) is 14.0 Å². The van der Waals surface area contributed by atoms with Crippen LogP contribution in [0.4, 0.5) is 0 Å². The summed E-state index contributed by atoms with van der Waals surface area (Å²) in [6, 6.07) is 13.5. The molecule has 2 heterocycles. The molecule has 1 atom stereocenters. The maximum atomic E-state index is 12.6. The van der Waals surface area contributed by atoms with Gasteiger partial charge in [0, 0.05) is 23.5 Å². The lowest BCUT2D eigenvalue weighted by Gasteiger charge is -2.14. The maximum absolute atomic E-state index is 12.6. The molecular formula is C25H24N4O5. The zero-order valence-electron chi connectivity index (χ0n) is 19.0. The topological polar surface area (TPSA) is 130 Å². The van der Waals surface area contributed by atoms with E-state index in [4.69, 9.17) is 4.74 Å². The first kappa shape index (κ1) is 22.8. The molecule has 0 bridgehead atoms. The lowest BCUT2D eigenvalue weighted by Crippen LogP contribution is -2.33. The Morgan fingerprint density at radius 1 is 1.15 bits per heavy atom. The van der Waals surface area contributed by atoms with E-state index in [0.29, 0.717) is 5.69 Å². The van der Waals surface area contributed by atoms with Gasteiger partial charge >= 0.3 is 11.7 Å². The van der Waals surface area contributed by atoms with Gasteiger partial charge in [-0.2, -0.15) is 0 Å². The van der Waals surface area contributed by atoms with Crippen LogP contribution in [0.15, 0.2) is 69.3 Å². The molecule has 0 aliphatic heterocycles. The molecule has 3 N–H and O–H groups in total. The van der Waals surface area contributed by atoms with Crippen molar-refractivity contribution in [3.63, 3.8) is 0 Å². The van der Waals surface area contributed by atoms with Gasteiger partial charge in [0.25, 0.3) is 5.56 Å². The van der Waals surface area contributed by atoms with Crippen LogP contribution in [0.1, 0.15) is 23.6 Å². The normalized spacial score (nSPS) is 12.6. The minimum atomic E-state index is -0.970.